The maximum absolute atomic E-state index is 10.5. The Morgan fingerprint density at radius 3 is 2.00 bits per heavy atom. The summed E-state index contributed by atoms with van der Waals surface area (Å²) >= 11 is 3.89. The van der Waals surface area contributed by atoms with Crippen molar-refractivity contribution in [2.75, 3.05) is 0 Å². The van der Waals surface area contributed by atoms with Crippen molar-refractivity contribution in [3.8, 4) is 0 Å². The van der Waals surface area contributed by atoms with E-state index in [0.29, 0.717) is 6.42 Å². The van der Waals surface area contributed by atoms with E-state index in [2.05, 4.69) is 12.6 Å². The van der Waals surface area contributed by atoms with Crippen LogP contribution in [0.25, 0.3) is 0 Å². The zero-order valence-electron chi connectivity index (χ0n) is 9.83. The van der Waals surface area contributed by atoms with E-state index in [9.17, 15) is 19.2 Å². The second kappa shape index (κ2) is 7.83. The van der Waals surface area contributed by atoms with Crippen LogP contribution in [-0.4, -0.2) is 44.2 Å². The molecular formula is C10H15NO6S. The number of Topliss-reactive ketones (excluding diaryl/α,β-unsaturated/α-hetero) is 1. The van der Waals surface area contributed by atoms with E-state index in [1.54, 1.807) is 0 Å². The van der Waals surface area contributed by atoms with E-state index in [4.69, 9.17) is 10.3 Å². The van der Waals surface area contributed by atoms with Gasteiger partial charge in [0.15, 0.2) is 0 Å². The molecule has 1 aliphatic heterocycles. The van der Waals surface area contributed by atoms with Crippen molar-refractivity contribution in [1.82, 2.24) is 5.06 Å². The van der Waals surface area contributed by atoms with Gasteiger partial charge in [-0.2, -0.15) is 17.7 Å². The molecule has 1 fully saturated rings. The molecule has 8 heteroatoms. The fourth-order valence-electron chi connectivity index (χ4n) is 1.03. The molecule has 1 rings (SSSR count). The Balaban J connectivity index is 0.000000327. The zero-order chi connectivity index (χ0) is 14.3. The number of rotatable bonds is 4. The lowest BCUT2D eigenvalue weighted by Crippen LogP contribution is -2.24. The number of amides is 2. The molecule has 0 aliphatic carbocycles. The molecular weight excluding hydrogens is 262 g/mol. The maximum atomic E-state index is 10.5. The molecule has 0 spiro atoms. The Morgan fingerprint density at radius 2 is 1.78 bits per heavy atom. The van der Waals surface area contributed by atoms with Gasteiger partial charge in [0.25, 0.3) is 11.8 Å². The molecule has 1 aliphatic rings. The first-order valence-electron chi connectivity index (χ1n) is 5.20. The van der Waals surface area contributed by atoms with Crippen LogP contribution in [0.5, 0.6) is 0 Å². The minimum absolute atomic E-state index is 0.00769. The van der Waals surface area contributed by atoms with Gasteiger partial charge in [-0.05, 0) is 13.3 Å². The number of carboxylic acids is 1. The number of carbonyl (C=O) groups excluding carboxylic acids is 3. The molecule has 0 saturated carbocycles. The average Bonchev–Trinajstić information content (AvgIpc) is 2.58. The lowest BCUT2D eigenvalue weighted by molar-refractivity contribution is -0.171. The smallest absolute Gasteiger partial charge is 0.303 e. The van der Waals surface area contributed by atoms with Crippen LogP contribution in [0.4, 0.5) is 0 Å². The molecule has 1 atom stereocenters. The van der Waals surface area contributed by atoms with Crippen LogP contribution in [0, 0.1) is 0 Å². The number of hydrogen-bond donors (Lipinski definition) is 3. The highest BCUT2D eigenvalue weighted by atomic mass is 32.1. The molecule has 2 N–H and O–H groups in total. The molecule has 1 saturated heterocycles. The third-order valence-electron chi connectivity index (χ3n) is 2.13. The lowest BCUT2D eigenvalue weighted by atomic mass is 10.2. The third-order valence-corrected chi connectivity index (χ3v) is 2.75. The van der Waals surface area contributed by atoms with Crippen LogP contribution in [0.1, 0.15) is 32.6 Å². The highest BCUT2D eigenvalue weighted by Crippen LogP contribution is 2.07. The van der Waals surface area contributed by atoms with E-state index in [1.807, 2.05) is 0 Å². The fourth-order valence-corrected chi connectivity index (χ4v) is 1.16. The number of nitrogens with zero attached hydrogens (tertiary/aromatic N) is 1. The SMILES string of the molecule is CC(=O)C(S)CCC(=O)O.O=C1CCC(=O)N1O. The van der Waals surface area contributed by atoms with Crippen LogP contribution < -0.4 is 0 Å². The summed E-state index contributed by atoms with van der Waals surface area (Å²) in [5.41, 5.74) is 0. The minimum atomic E-state index is -0.889. The van der Waals surface area contributed by atoms with Crippen molar-refractivity contribution < 1.29 is 29.5 Å². The zero-order valence-corrected chi connectivity index (χ0v) is 10.7. The summed E-state index contributed by atoms with van der Waals surface area (Å²) in [6, 6.07) is 0. The molecule has 1 heterocycles. The van der Waals surface area contributed by atoms with E-state index < -0.39 is 23.0 Å². The number of ketones is 1. The van der Waals surface area contributed by atoms with Gasteiger partial charge in [0.1, 0.15) is 5.78 Å². The highest BCUT2D eigenvalue weighted by molar-refractivity contribution is 7.81. The van der Waals surface area contributed by atoms with Gasteiger partial charge in [-0.3, -0.25) is 24.4 Å². The molecule has 1 unspecified atom stereocenters. The highest BCUT2D eigenvalue weighted by Gasteiger charge is 2.26. The molecule has 0 aromatic carbocycles. The Morgan fingerprint density at radius 1 is 1.33 bits per heavy atom. The van der Waals surface area contributed by atoms with E-state index in [1.165, 1.54) is 6.92 Å². The third kappa shape index (κ3) is 6.36. The number of carbonyl (C=O) groups is 4. The van der Waals surface area contributed by atoms with Gasteiger partial charge in [-0.25, -0.2) is 0 Å². The van der Waals surface area contributed by atoms with Gasteiger partial charge >= 0.3 is 5.97 Å². The van der Waals surface area contributed by atoms with Crippen molar-refractivity contribution in [2.45, 2.75) is 37.9 Å². The van der Waals surface area contributed by atoms with Gasteiger partial charge in [-0.1, -0.05) is 0 Å². The summed E-state index contributed by atoms with van der Waals surface area (Å²) in [6.07, 6.45) is 0.617. The van der Waals surface area contributed by atoms with Gasteiger partial charge in [0, 0.05) is 19.3 Å². The van der Waals surface area contributed by atoms with Crippen LogP contribution in [0.3, 0.4) is 0 Å². The van der Waals surface area contributed by atoms with Crippen molar-refractivity contribution in [2.24, 2.45) is 0 Å². The molecule has 102 valence electrons. The molecule has 0 aromatic heterocycles. The molecule has 18 heavy (non-hydrogen) atoms. The second-order valence-electron chi connectivity index (χ2n) is 3.66. The summed E-state index contributed by atoms with van der Waals surface area (Å²) in [5.74, 6) is -1.98. The first kappa shape index (κ1) is 16.6. The van der Waals surface area contributed by atoms with Gasteiger partial charge < -0.3 is 5.11 Å². The maximum Gasteiger partial charge on any atom is 0.303 e. The predicted molar refractivity (Wildman–Crippen MR) is 63.2 cm³/mol. The van der Waals surface area contributed by atoms with Crippen molar-refractivity contribution in [1.29, 1.82) is 0 Å². The topological polar surface area (TPSA) is 112 Å². The van der Waals surface area contributed by atoms with Crippen molar-refractivity contribution >= 4 is 36.2 Å². The van der Waals surface area contributed by atoms with Crippen molar-refractivity contribution in [3.63, 3.8) is 0 Å². The number of hydroxylamine groups is 2. The molecule has 0 radical (unpaired) electrons. The Hall–Kier alpha value is -1.41. The second-order valence-corrected chi connectivity index (χ2v) is 4.28. The van der Waals surface area contributed by atoms with Gasteiger partial charge in [0.2, 0.25) is 0 Å². The van der Waals surface area contributed by atoms with Gasteiger partial charge in [-0.15, -0.1) is 0 Å². The van der Waals surface area contributed by atoms with E-state index in [-0.39, 0.29) is 30.1 Å². The van der Waals surface area contributed by atoms with Crippen LogP contribution in [0.2, 0.25) is 0 Å². The number of aliphatic carboxylic acids is 1. The monoisotopic (exact) mass is 277 g/mol. The first-order valence-corrected chi connectivity index (χ1v) is 5.72. The summed E-state index contributed by atoms with van der Waals surface area (Å²) in [6.45, 7) is 1.40. The minimum Gasteiger partial charge on any atom is -0.481 e. The standard InChI is InChI=1S/C6H10O3S.C4H5NO3/c1-4(7)5(10)2-3-6(8)9;6-3-1-2-4(7)5(3)8/h5,10H,2-3H2,1H3,(H,8,9);8H,1-2H2. The van der Waals surface area contributed by atoms with Crippen LogP contribution in [-0.2, 0) is 19.2 Å². The summed E-state index contributed by atoms with van der Waals surface area (Å²) in [5, 5.41) is 16.3. The Bertz CT molecular complexity index is 340. The summed E-state index contributed by atoms with van der Waals surface area (Å²) in [7, 11) is 0. The largest absolute Gasteiger partial charge is 0.481 e. The van der Waals surface area contributed by atoms with Crippen LogP contribution in [0.15, 0.2) is 0 Å². The van der Waals surface area contributed by atoms with Crippen LogP contribution >= 0.6 is 12.6 Å². The van der Waals surface area contributed by atoms with E-state index >= 15 is 0 Å². The number of thiol groups is 1. The molecule has 2 amide bonds. The number of imide groups is 1. The first-order chi connectivity index (χ1) is 8.25. The normalized spacial score (nSPS) is 16.1. The summed E-state index contributed by atoms with van der Waals surface area (Å²) in [4.78, 5) is 40.9. The lowest BCUT2D eigenvalue weighted by Gasteiger charge is -2.01. The Labute approximate surface area is 109 Å². The number of hydrogen-bond acceptors (Lipinski definition) is 6. The fraction of sp³-hybridized carbons (Fsp3) is 0.600. The van der Waals surface area contributed by atoms with Crippen molar-refractivity contribution in [3.05, 3.63) is 0 Å². The quantitative estimate of drug-likeness (QED) is 0.386. The summed E-state index contributed by atoms with van der Waals surface area (Å²) < 4.78 is 0. The average molecular weight is 277 g/mol. The Kier molecular flexibility index (Phi) is 7.21. The predicted octanol–water partition coefficient (Wildman–Crippen LogP) is 0.263. The number of carboxylic acid groups (broad SMARTS) is 1. The van der Waals surface area contributed by atoms with Gasteiger partial charge in [0.05, 0.1) is 5.25 Å². The molecule has 0 aromatic rings. The molecule has 0 bridgehead atoms. The molecule has 7 nitrogen and oxygen atoms in total. The van der Waals surface area contributed by atoms with E-state index in [0.717, 1.165) is 0 Å².